The molecule has 0 aliphatic carbocycles. The standard InChI is InChI=1S/C18H23N3O3/c1-18(2,3)24-10-9-23-16-7-6-15(13-20-16)17(22)21-12-14-5-4-8-19-11-14/h4-8,11,13H,9-10,12H2,1-3H3,(H,21,22). The molecule has 0 aliphatic heterocycles. The third-order valence-corrected chi connectivity index (χ3v) is 3.04. The van der Waals surface area contributed by atoms with Crippen LogP contribution in [-0.4, -0.2) is 34.7 Å². The normalized spacial score (nSPS) is 11.1. The maximum Gasteiger partial charge on any atom is 0.253 e. The van der Waals surface area contributed by atoms with Crippen molar-refractivity contribution >= 4 is 5.91 Å². The molecule has 24 heavy (non-hydrogen) atoms. The highest BCUT2D eigenvalue weighted by Crippen LogP contribution is 2.09. The van der Waals surface area contributed by atoms with E-state index in [2.05, 4.69) is 15.3 Å². The second-order valence-electron chi connectivity index (χ2n) is 6.24. The van der Waals surface area contributed by atoms with Crippen LogP contribution in [0.4, 0.5) is 0 Å². The number of aromatic nitrogens is 2. The van der Waals surface area contributed by atoms with Crippen LogP contribution in [0.1, 0.15) is 36.7 Å². The molecule has 0 unspecified atom stereocenters. The molecule has 2 heterocycles. The highest BCUT2D eigenvalue weighted by Gasteiger charge is 2.10. The van der Waals surface area contributed by atoms with Crippen molar-refractivity contribution in [2.24, 2.45) is 0 Å². The molecule has 0 aliphatic rings. The van der Waals surface area contributed by atoms with E-state index in [-0.39, 0.29) is 11.5 Å². The molecule has 0 saturated heterocycles. The van der Waals surface area contributed by atoms with Crippen LogP contribution in [0, 0.1) is 0 Å². The summed E-state index contributed by atoms with van der Waals surface area (Å²) in [5.41, 5.74) is 1.24. The molecule has 1 amide bonds. The average Bonchev–Trinajstić information content (AvgIpc) is 2.57. The summed E-state index contributed by atoms with van der Waals surface area (Å²) < 4.78 is 11.1. The lowest BCUT2D eigenvalue weighted by Gasteiger charge is -2.19. The molecule has 128 valence electrons. The highest BCUT2D eigenvalue weighted by atomic mass is 16.5. The van der Waals surface area contributed by atoms with Crippen molar-refractivity contribution in [2.75, 3.05) is 13.2 Å². The Morgan fingerprint density at radius 2 is 2.00 bits per heavy atom. The van der Waals surface area contributed by atoms with Gasteiger partial charge in [-0.3, -0.25) is 9.78 Å². The van der Waals surface area contributed by atoms with Crippen molar-refractivity contribution in [1.29, 1.82) is 0 Å². The molecule has 2 aromatic rings. The molecule has 6 heteroatoms. The molecule has 0 spiro atoms. The van der Waals surface area contributed by atoms with Gasteiger partial charge < -0.3 is 14.8 Å². The predicted molar refractivity (Wildman–Crippen MR) is 90.8 cm³/mol. The first-order valence-corrected chi connectivity index (χ1v) is 7.84. The minimum Gasteiger partial charge on any atom is -0.475 e. The van der Waals surface area contributed by atoms with Gasteiger partial charge in [0.2, 0.25) is 5.88 Å². The van der Waals surface area contributed by atoms with Crippen LogP contribution in [0.3, 0.4) is 0 Å². The van der Waals surface area contributed by atoms with Gasteiger partial charge in [-0.1, -0.05) is 6.07 Å². The summed E-state index contributed by atoms with van der Waals surface area (Å²) in [4.78, 5) is 20.2. The number of carbonyl (C=O) groups is 1. The minimum atomic E-state index is -0.187. The molecular formula is C18H23N3O3. The summed E-state index contributed by atoms with van der Waals surface area (Å²) in [7, 11) is 0. The Bertz CT molecular complexity index is 637. The second kappa shape index (κ2) is 8.40. The number of hydrogen-bond acceptors (Lipinski definition) is 5. The number of rotatable bonds is 7. The second-order valence-corrected chi connectivity index (χ2v) is 6.24. The zero-order chi connectivity index (χ0) is 17.4. The zero-order valence-electron chi connectivity index (χ0n) is 14.3. The fourth-order valence-corrected chi connectivity index (χ4v) is 1.88. The molecule has 2 aromatic heterocycles. The van der Waals surface area contributed by atoms with E-state index in [0.717, 1.165) is 5.56 Å². The smallest absolute Gasteiger partial charge is 0.253 e. The van der Waals surface area contributed by atoms with E-state index in [4.69, 9.17) is 9.47 Å². The van der Waals surface area contributed by atoms with Crippen LogP contribution in [0.25, 0.3) is 0 Å². The molecule has 1 N–H and O–H groups in total. The van der Waals surface area contributed by atoms with E-state index >= 15 is 0 Å². The fourth-order valence-electron chi connectivity index (χ4n) is 1.88. The molecular weight excluding hydrogens is 306 g/mol. The SMILES string of the molecule is CC(C)(C)OCCOc1ccc(C(=O)NCc2cccnc2)cn1. The van der Waals surface area contributed by atoms with Crippen LogP contribution < -0.4 is 10.1 Å². The fraction of sp³-hybridized carbons (Fsp3) is 0.389. The van der Waals surface area contributed by atoms with E-state index in [0.29, 0.717) is 31.2 Å². The quantitative estimate of drug-likeness (QED) is 0.791. The lowest BCUT2D eigenvalue weighted by Crippen LogP contribution is -2.23. The van der Waals surface area contributed by atoms with Gasteiger partial charge >= 0.3 is 0 Å². The van der Waals surface area contributed by atoms with Crippen molar-refractivity contribution in [3.05, 3.63) is 54.0 Å². The van der Waals surface area contributed by atoms with Crippen molar-refractivity contribution in [1.82, 2.24) is 15.3 Å². The summed E-state index contributed by atoms with van der Waals surface area (Å²) >= 11 is 0. The number of amides is 1. The lowest BCUT2D eigenvalue weighted by molar-refractivity contribution is -0.0168. The Balaban J connectivity index is 1.77. The number of ether oxygens (including phenoxy) is 2. The molecule has 0 saturated carbocycles. The Morgan fingerprint density at radius 3 is 2.62 bits per heavy atom. The third kappa shape index (κ3) is 6.34. The maximum atomic E-state index is 12.1. The Labute approximate surface area is 142 Å². The summed E-state index contributed by atoms with van der Waals surface area (Å²) in [6.45, 7) is 7.29. The van der Waals surface area contributed by atoms with Crippen molar-refractivity contribution < 1.29 is 14.3 Å². The highest BCUT2D eigenvalue weighted by molar-refractivity contribution is 5.93. The van der Waals surface area contributed by atoms with Crippen LogP contribution >= 0.6 is 0 Å². The average molecular weight is 329 g/mol. The summed E-state index contributed by atoms with van der Waals surface area (Å²) in [5, 5.41) is 2.82. The van der Waals surface area contributed by atoms with E-state index < -0.39 is 0 Å². The van der Waals surface area contributed by atoms with Gasteiger partial charge in [-0.2, -0.15) is 0 Å². The van der Waals surface area contributed by atoms with Gasteiger partial charge in [0, 0.05) is 31.2 Å². The van der Waals surface area contributed by atoms with Crippen molar-refractivity contribution in [3.8, 4) is 5.88 Å². The monoisotopic (exact) mass is 329 g/mol. The van der Waals surface area contributed by atoms with Crippen LogP contribution in [0.15, 0.2) is 42.9 Å². The summed E-state index contributed by atoms with van der Waals surface area (Å²) in [6.07, 6.45) is 4.91. The van der Waals surface area contributed by atoms with Crippen molar-refractivity contribution in [3.63, 3.8) is 0 Å². The number of nitrogens with one attached hydrogen (secondary N) is 1. The van der Waals surface area contributed by atoms with Crippen LogP contribution in [0.5, 0.6) is 5.88 Å². The molecule has 0 atom stereocenters. The predicted octanol–water partition coefficient (Wildman–Crippen LogP) is 2.60. The van der Waals surface area contributed by atoms with Crippen molar-refractivity contribution in [2.45, 2.75) is 32.9 Å². The third-order valence-electron chi connectivity index (χ3n) is 3.04. The van der Waals surface area contributed by atoms with Gasteiger partial charge in [-0.25, -0.2) is 4.98 Å². The largest absolute Gasteiger partial charge is 0.475 e. The van der Waals surface area contributed by atoms with Gasteiger partial charge in [-0.05, 0) is 38.5 Å². The first-order valence-electron chi connectivity index (χ1n) is 7.84. The van der Waals surface area contributed by atoms with Gasteiger partial charge in [0.1, 0.15) is 6.61 Å². The van der Waals surface area contributed by atoms with Gasteiger partial charge in [0.15, 0.2) is 0 Å². The molecule has 0 fully saturated rings. The van der Waals surface area contributed by atoms with E-state index in [1.807, 2.05) is 32.9 Å². The Morgan fingerprint density at radius 1 is 1.17 bits per heavy atom. The Kier molecular flexibility index (Phi) is 6.26. The van der Waals surface area contributed by atoms with Gasteiger partial charge in [-0.15, -0.1) is 0 Å². The zero-order valence-corrected chi connectivity index (χ0v) is 14.3. The Hall–Kier alpha value is -2.47. The number of pyridine rings is 2. The van der Waals surface area contributed by atoms with E-state index in [1.165, 1.54) is 6.20 Å². The van der Waals surface area contributed by atoms with E-state index in [9.17, 15) is 4.79 Å². The van der Waals surface area contributed by atoms with Gasteiger partial charge in [0.05, 0.1) is 17.8 Å². The van der Waals surface area contributed by atoms with Gasteiger partial charge in [0.25, 0.3) is 5.91 Å². The summed E-state index contributed by atoms with van der Waals surface area (Å²) in [6, 6.07) is 7.10. The number of carbonyl (C=O) groups excluding carboxylic acids is 1. The molecule has 2 rings (SSSR count). The number of nitrogens with zero attached hydrogens (tertiary/aromatic N) is 2. The van der Waals surface area contributed by atoms with E-state index in [1.54, 1.807) is 24.5 Å². The molecule has 0 bridgehead atoms. The minimum absolute atomic E-state index is 0.186. The van der Waals surface area contributed by atoms with Crippen LogP contribution in [0.2, 0.25) is 0 Å². The maximum absolute atomic E-state index is 12.1. The molecule has 0 aromatic carbocycles. The topological polar surface area (TPSA) is 73.3 Å². The first-order chi connectivity index (χ1) is 11.4. The van der Waals surface area contributed by atoms with Crippen LogP contribution in [-0.2, 0) is 11.3 Å². The molecule has 6 nitrogen and oxygen atoms in total. The molecule has 0 radical (unpaired) electrons. The summed E-state index contributed by atoms with van der Waals surface area (Å²) in [5.74, 6) is 0.283. The first kappa shape index (κ1) is 17.9. The lowest BCUT2D eigenvalue weighted by atomic mass is 10.2. The number of hydrogen-bond donors (Lipinski definition) is 1.